The van der Waals surface area contributed by atoms with Crippen LogP contribution < -0.4 is 9.47 Å². The van der Waals surface area contributed by atoms with Gasteiger partial charge in [0, 0.05) is 27.6 Å². The number of Topliss-reactive ketones (excluding diaryl/α,β-unsaturated/α-hetero) is 2. The number of fused-ring (bicyclic) bond motifs is 1. The van der Waals surface area contributed by atoms with Gasteiger partial charge in [-0.25, -0.2) is 9.59 Å². The second-order valence-electron chi connectivity index (χ2n) is 8.66. The molecule has 0 atom stereocenters. The van der Waals surface area contributed by atoms with Crippen molar-refractivity contribution in [3.8, 4) is 11.5 Å². The maximum atomic E-state index is 13.0. The highest BCUT2D eigenvalue weighted by Crippen LogP contribution is 2.43. The summed E-state index contributed by atoms with van der Waals surface area (Å²) in [6.45, 7) is 3.88. The van der Waals surface area contributed by atoms with Crippen LogP contribution in [0.15, 0.2) is 48.5 Å². The van der Waals surface area contributed by atoms with Crippen LogP contribution in [0.5, 0.6) is 11.5 Å². The zero-order chi connectivity index (χ0) is 30.2. The Bertz CT molecular complexity index is 1480. The quantitative estimate of drug-likeness (QED) is 0.0740. The van der Waals surface area contributed by atoms with Crippen molar-refractivity contribution in [2.24, 2.45) is 0 Å². The van der Waals surface area contributed by atoms with E-state index in [2.05, 4.69) is 31.9 Å². The molecule has 0 aliphatic heterocycles. The first kappa shape index (κ1) is 31.9. The van der Waals surface area contributed by atoms with Gasteiger partial charge in [-0.1, -0.05) is 31.9 Å². The molecule has 0 aliphatic carbocycles. The second kappa shape index (κ2) is 14.9. The highest BCUT2D eigenvalue weighted by molar-refractivity contribution is 9.09. The van der Waals surface area contributed by atoms with Crippen molar-refractivity contribution in [1.29, 1.82) is 0 Å². The van der Waals surface area contributed by atoms with Gasteiger partial charge in [-0.15, -0.1) is 22.7 Å². The predicted molar refractivity (Wildman–Crippen MR) is 169 cm³/mol. The summed E-state index contributed by atoms with van der Waals surface area (Å²) in [4.78, 5) is 50.6. The van der Waals surface area contributed by atoms with Gasteiger partial charge in [0.1, 0.15) is 34.5 Å². The standard InChI is InChI=1S/C30H26Br2O8S2/c1-3-37-28(35)26-21(15-39-19-9-5-17(6-10-19)23(33)13-31)25-22(27(29(36)38-4-2)42-30(25)41-26)16-40-20-11-7-18(8-12-20)24(34)14-32/h5-12H,3-4,13-16H2,1-2H3. The van der Waals surface area contributed by atoms with Gasteiger partial charge in [0.05, 0.1) is 27.9 Å². The summed E-state index contributed by atoms with van der Waals surface area (Å²) in [6.07, 6.45) is 0. The number of carbonyl (C=O) groups is 4. The van der Waals surface area contributed by atoms with Crippen LogP contribution in [0.3, 0.4) is 0 Å². The Morgan fingerprint density at radius 2 is 1.02 bits per heavy atom. The van der Waals surface area contributed by atoms with Gasteiger partial charge in [-0.3, -0.25) is 9.59 Å². The van der Waals surface area contributed by atoms with Crippen LogP contribution in [-0.2, 0) is 22.7 Å². The van der Waals surface area contributed by atoms with Gasteiger partial charge in [0.15, 0.2) is 11.6 Å². The number of hydrogen-bond acceptors (Lipinski definition) is 10. The molecule has 42 heavy (non-hydrogen) atoms. The predicted octanol–water partition coefficient (Wildman–Crippen LogP) is 7.63. The molecule has 0 aliphatic rings. The van der Waals surface area contributed by atoms with E-state index in [4.69, 9.17) is 18.9 Å². The Kier molecular flexibility index (Phi) is 11.3. The van der Waals surface area contributed by atoms with Crippen molar-refractivity contribution < 1.29 is 38.1 Å². The Morgan fingerprint density at radius 1 is 0.643 bits per heavy atom. The summed E-state index contributed by atoms with van der Waals surface area (Å²) in [5.41, 5.74) is 2.23. The van der Waals surface area contributed by atoms with Gasteiger partial charge < -0.3 is 18.9 Å². The fourth-order valence-corrected chi connectivity index (χ4v) is 7.26. The first-order valence-corrected chi connectivity index (χ1v) is 16.7. The monoisotopic (exact) mass is 736 g/mol. The minimum atomic E-state index is -0.487. The fraction of sp³-hybridized carbons (Fsp3) is 0.267. The molecule has 2 heterocycles. The zero-order valence-corrected chi connectivity index (χ0v) is 27.5. The number of ether oxygens (including phenoxy) is 4. The van der Waals surface area contributed by atoms with E-state index in [0.29, 0.717) is 48.9 Å². The van der Waals surface area contributed by atoms with E-state index in [1.807, 2.05) is 0 Å². The molecule has 4 rings (SSSR count). The number of rotatable bonds is 14. The largest absolute Gasteiger partial charge is 0.489 e. The molecule has 4 aromatic rings. The lowest BCUT2D eigenvalue weighted by Crippen LogP contribution is -2.10. The lowest BCUT2D eigenvalue weighted by atomic mass is 10.1. The number of ketones is 2. The Balaban J connectivity index is 1.72. The first-order valence-electron chi connectivity index (χ1n) is 12.9. The molecular formula is C30H26Br2O8S2. The topological polar surface area (TPSA) is 105 Å². The van der Waals surface area contributed by atoms with Crippen molar-refractivity contribution in [2.45, 2.75) is 27.1 Å². The molecule has 12 heteroatoms. The minimum absolute atomic E-state index is 0.00916. The van der Waals surface area contributed by atoms with Crippen LogP contribution in [0.25, 0.3) is 9.40 Å². The van der Waals surface area contributed by atoms with Gasteiger partial charge in [0.25, 0.3) is 0 Å². The summed E-state index contributed by atoms with van der Waals surface area (Å²) >= 11 is 8.79. The van der Waals surface area contributed by atoms with Crippen LogP contribution >= 0.6 is 54.5 Å². The van der Waals surface area contributed by atoms with Crippen LogP contribution in [0, 0.1) is 0 Å². The van der Waals surface area contributed by atoms with Crippen LogP contribution in [0.1, 0.15) is 65.0 Å². The van der Waals surface area contributed by atoms with E-state index in [0.717, 1.165) is 4.01 Å². The van der Waals surface area contributed by atoms with E-state index in [1.165, 1.54) is 22.7 Å². The summed E-state index contributed by atoms with van der Waals surface area (Å²) in [6, 6.07) is 13.5. The number of thiophene rings is 2. The molecule has 0 N–H and O–H groups in total. The summed E-state index contributed by atoms with van der Waals surface area (Å²) < 4.78 is 23.5. The third-order valence-electron chi connectivity index (χ3n) is 6.03. The fourth-order valence-electron chi connectivity index (χ4n) is 4.02. The van der Waals surface area contributed by atoms with Gasteiger partial charge in [-0.2, -0.15) is 0 Å². The highest BCUT2D eigenvalue weighted by Gasteiger charge is 2.29. The van der Waals surface area contributed by atoms with E-state index < -0.39 is 11.9 Å². The molecule has 8 nitrogen and oxygen atoms in total. The summed E-state index contributed by atoms with van der Waals surface area (Å²) in [5.74, 6) is -0.0632. The number of hydrogen-bond donors (Lipinski definition) is 0. The van der Waals surface area contributed by atoms with Crippen molar-refractivity contribution in [1.82, 2.24) is 0 Å². The van der Waals surface area contributed by atoms with E-state index >= 15 is 0 Å². The molecule has 0 fully saturated rings. The molecule has 0 radical (unpaired) electrons. The van der Waals surface area contributed by atoms with Gasteiger partial charge >= 0.3 is 11.9 Å². The van der Waals surface area contributed by atoms with Crippen LogP contribution in [0.2, 0.25) is 0 Å². The summed E-state index contributed by atoms with van der Waals surface area (Å²) in [5, 5.41) is 1.11. The molecule has 2 aromatic carbocycles. The molecule has 0 bridgehead atoms. The molecule has 0 saturated carbocycles. The highest BCUT2D eigenvalue weighted by atomic mass is 79.9. The minimum Gasteiger partial charge on any atom is -0.489 e. The van der Waals surface area contributed by atoms with E-state index in [-0.39, 0.29) is 48.7 Å². The first-order chi connectivity index (χ1) is 20.3. The Labute approximate surface area is 267 Å². The number of benzene rings is 2. The molecule has 2 aromatic heterocycles. The molecule has 0 spiro atoms. The smallest absolute Gasteiger partial charge is 0.348 e. The third kappa shape index (κ3) is 7.28. The molecular weight excluding hydrogens is 712 g/mol. The normalized spacial score (nSPS) is 10.9. The van der Waals surface area contributed by atoms with Crippen molar-refractivity contribution in [2.75, 3.05) is 23.9 Å². The average Bonchev–Trinajstić information content (AvgIpc) is 3.55. The van der Waals surface area contributed by atoms with Crippen LogP contribution in [-0.4, -0.2) is 47.4 Å². The summed E-state index contributed by atoms with van der Waals surface area (Å²) in [7, 11) is 0. The SMILES string of the molecule is CCOC(=O)c1sc2sc(C(=O)OCC)c(COc3ccc(C(=O)CBr)cc3)c2c1COc1ccc(C(=O)CBr)cc1. The van der Waals surface area contributed by atoms with E-state index in [9.17, 15) is 19.2 Å². The molecule has 220 valence electrons. The second-order valence-corrected chi connectivity index (χ2v) is 12.1. The Morgan fingerprint density at radius 3 is 1.36 bits per heavy atom. The van der Waals surface area contributed by atoms with Crippen molar-refractivity contribution >= 4 is 87.4 Å². The van der Waals surface area contributed by atoms with Gasteiger partial charge in [0.2, 0.25) is 0 Å². The van der Waals surface area contributed by atoms with E-state index in [1.54, 1.807) is 62.4 Å². The molecule has 0 amide bonds. The maximum absolute atomic E-state index is 13.0. The number of esters is 2. The zero-order valence-electron chi connectivity index (χ0n) is 22.7. The number of halogens is 2. The maximum Gasteiger partial charge on any atom is 0.348 e. The van der Waals surface area contributed by atoms with Crippen LogP contribution in [0.4, 0.5) is 0 Å². The third-order valence-corrected chi connectivity index (χ3v) is 9.56. The lowest BCUT2D eigenvalue weighted by molar-refractivity contribution is 0.0520. The lowest BCUT2D eigenvalue weighted by Gasteiger charge is -2.11. The molecule has 0 unspecified atom stereocenters. The molecule has 0 saturated heterocycles. The number of carbonyl (C=O) groups excluding carboxylic acids is 4. The number of alkyl halides is 2. The van der Waals surface area contributed by atoms with Crippen molar-refractivity contribution in [3.63, 3.8) is 0 Å². The average molecular weight is 738 g/mol. The Hall–Kier alpha value is -3.06. The van der Waals surface area contributed by atoms with Crippen molar-refractivity contribution in [3.05, 3.63) is 80.5 Å². The van der Waals surface area contributed by atoms with Gasteiger partial charge in [-0.05, 0) is 62.4 Å².